The minimum absolute atomic E-state index is 0.0173. The van der Waals surface area contributed by atoms with Crippen LogP contribution >= 0.6 is 0 Å². The third kappa shape index (κ3) is 2.92. The topological polar surface area (TPSA) is 34.1 Å². The molecule has 0 saturated carbocycles. The summed E-state index contributed by atoms with van der Waals surface area (Å²) in [5, 5.41) is 0.652. The van der Waals surface area contributed by atoms with E-state index in [4.69, 9.17) is 0 Å². The van der Waals surface area contributed by atoms with E-state index in [-0.39, 0.29) is 10.8 Å². The minimum atomic E-state index is -3.64. The first-order chi connectivity index (χ1) is 6.43. The van der Waals surface area contributed by atoms with E-state index < -0.39 is 12.7 Å². The van der Waals surface area contributed by atoms with Crippen molar-refractivity contribution in [3.05, 3.63) is 11.1 Å². The number of hydrogen-bond acceptors (Lipinski definition) is 2. The summed E-state index contributed by atoms with van der Waals surface area (Å²) in [7, 11) is 0. The Bertz CT molecular complexity index is 354. The first kappa shape index (κ1) is 12.9. The summed E-state index contributed by atoms with van der Waals surface area (Å²) in [6.07, 6.45) is 0. The molecule has 15 heavy (non-hydrogen) atoms. The van der Waals surface area contributed by atoms with Crippen molar-refractivity contribution in [1.29, 1.82) is 0 Å². The van der Waals surface area contributed by atoms with Crippen molar-refractivity contribution in [3.63, 3.8) is 0 Å². The molecule has 3 heteroatoms. The van der Waals surface area contributed by atoms with Gasteiger partial charge in [0.05, 0.1) is 0 Å². The molecule has 1 rings (SSSR count). The zero-order valence-corrected chi connectivity index (χ0v) is 12.4. The van der Waals surface area contributed by atoms with Gasteiger partial charge in [0.2, 0.25) is 0 Å². The van der Waals surface area contributed by atoms with Crippen LogP contribution in [-0.2, 0) is 7.67 Å². The molecule has 0 atom stereocenters. The van der Waals surface area contributed by atoms with Crippen LogP contribution in [0.25, 0.3) is 0 Å². The van der Waals surface area contributed by atoms with Crippen LogP contribution in [0.15, 0.2) is 11.1 Å². The molecule has 2 nitrogen and oxygen atoms in total. The van der Waals surface area contributed by atoms with Crippen molar-refractivity contribution >= 4 is 12.7 Å². The van der Waals surface area contributed by atoms with Crippen LogP contribution in [-0.4, -0.2) is 12.7 Å². The number of rotatable bonds is 0. The van der Waals surface area contributed by atoms with Gasteiger partial charge in [-0.3, -0.25) is 0 Å². The van der Waals surface area contributed by atoms with Gasteiger partial charge in [-0.1, -0.05) is 0 Å². The van der Waals surface area contributed by atoms with Crippen molar-refractivity contribution in [2.75, 3.05) is 0 Å². The molecular weight excluding hydrogens is 255 g/mol. The summed E-state index contributed by atoms with van der Waals surface area (Å²) in [6.45, 7) is 12.6. The van der Waals surface area contributed by atoms with Crippen LogP contribution in [0.4, 0.5) is 0 Å². The first-order valence-corrected chi connectivity index (χ1v) is 9.19. The predicted octanol–water partition coefficient (Wildman–Crippen LogP) is 3.69. The van der Waals surface area contributed by atoms with Crippen molar-refractivity contribution in [2.24, 2.45) is 10.8 Å². The van der Waals surface area contributed by atoms with Crippen LogP contribution in [0, 0.1) is 10.8 Å². The average Bonchev–Trinajstić information content (AvgIpc) is 2.23. The maximum absolute atomic E-state index is 11.8. The van der Waals surface area contributed by atoms with E-state index in [1.54, 1.807) is 0 Å². The molecule has 1 aliphatic heterocycles. The number of allylic oxidation sites excluding steroid dienone is 2. The third-order valence-electron chi connectivity index (χ3n) is 2.90. The Morgan fingerprint density at radius 3 is 1.27 bits per heavy atom. The van der Waals surface area contributed by atoms with Gasteiger partial charge in [-0.15, -0.1) is 0 Å². The summed E-state index contributed by atoms with van der Waals surface area (Å²) in [5.74, 6) is 0. The molecule has 0 saturated heterocycles. The molecule has 1 heterocycles. The standard InChI is InChI=1S/C12H22O2Se/c1-11(2,3)9-7-15(13,14)8-10(9)12(4,5)6/h7-8H2,1-6H3. The fraction of sp³-hybridized carbons (Fsp3) is 0.833. The Hall–Kier alpha value is -0.141. The molecule has 0 aromatic carbocycles. The fourth-order valence-corrected chi connectivity index (χ4v) is 6.61. The Labute approximate surface area is 94.8 Å². The second-order valence-corrected chi connectivity index (χ2v) is 10.8. The Balaban J connectivity index is 3.28. The van der Waals surface area contributed by atoms with Gasteiger partial charge in [-0.05, 0) is 0 Å². The summed E-state index contributed by atoms with van der Waals surface area (Å²) in [5.41, 5.74) is 2.27. The van der Waals surface area contributed by atoms with Gasteiger partial charge in [0.1, 0.15) is 0 Å². The predicted molar refractivity (Wildman–Crippen MR) is 62.7 cm³/mol. The zero-order chi connectivity index (χ0) is 12.1. The van der Waals surface area contributed by atoms with Crippen LogP contribution in [0.5, 0.6) is 0 Å². The molecule has 0 unspecified atom stereocenters. The molecule has 0 aliphatic carbocycles. The summed E-state index contributed by atoms with van der Waals surface area (Å²) >= 11 is -3.64. The van der Waals surface area contributed by atoms with Crippen molar-refractivity contribution in [3.8, 4) is 0 Å². The maximum atomic E-state index is 11.8. The van der Waals surface area contributed by atoms with Gasteiger partial charge < -0.3 is 0 Å². The normalized spacial score (nSPS) is 22.3. The van der Waals surface area contributed by atoms with Gasteiger partial charge in [0.15, 0.2) is 0 Å². The molecule has 0 fully saturated rings. The van der Waals surface area contributed by atoms with Crippen LogP contribution in [0.3, 0.4) is 0 Å². The molecule has 0 amide bonds. The molecule has 1 aliphatic rings. The van der Waals surface area contributed by atoms with E-state index >= 15 is 0 Å². The summed E-state index contributed by atoms with van der Waals surface area (Å²) in [6, 6.07) is 0. The molecule has 0 aromatic heterocycles. The van der Waals surface area contributed by atoms with Crippen LogP contribution in [0.2, 0.25) is 10.6 Å². The van der Waals surface area contributed by atoms with Crippen molar-refractivity contribution in [1.82, 2.24) is 0 Å². The molecule has 88 valence electrons. The monoisotopic (exact) mass is 278 g/mol. The Morgan fingerprint density at radius 1 is 0.800 bits per heavy atom. The fourth-order valence-electron chi connectivity index (χ4n) is 2.00. The van der Waals surface area contributed by atoms with Crippen LogP contribution < -0.4 is 0 Å². The van der Waals surface area contributed by atoms with Gasteiger partial charge in [0.25, 0.3) is 0 Å². The van der Waals surface area contributed by atoms with Gasteiger partial charge in [-0.25, -0.2) is 0 Å². The van der Waals surface area contributed by atoms with E-state index in [2.05, 4.69) is 41.5 Å². The second-order valence-electron chi connectivity index (χ2n) is 6.49. The Kier molecular flexibility index (Phi) is 2.95. The molecule has 0 bridgehead atoms. The van der Waals surface area contributed by atoms with E-state index in [1.807, 2.05) is 0 Å². The summed E-state index contributed by atoms with van der Waals surface area (Å²) in [4.78, 5) is 0. The van der Waals surface area contributed by atoms with Crippen molar-refractivity contribution < 1.29 is 7.67 Å². The average molecular weight is 277 g/mol. The molecule has 0 spiro atoms. The number of hydrogen-bond donors (Lipinski definition) is 0. The van der Waals surface area contributed by atoms with E-state index in [0.29, 0.717) is 10.6 Å². The van der Waals surface area contributed by atoms with Crippen molar-refractivity contribution in [2.45, 2.75) is 52.2 Å². The van der Waals surface area contributed by atoms with E-state index in [0.717, 1.165) is 11.1 Å². The summed E-state index contributed by atoms with van der Waals surface area (Å²) < 4.78 is 23.6. The molecule has 0 N–H and O–H groups in total. The Morgan fingerprint density at radius 2 is 1.07 bits per heavy atom. The molecular formula is C12H22O2Se. The quantitative estimate of drug-likeness (QED) is 0.500. The second kappa shape index (κ2) is 3.43. The van der Waals surface area contributed by atoms with E-state index in [9.17, 15) is 7.67 Å². The van der Waals surface area contributed by atoms with Gasteiger partial charge >= 0.3 is 94.5 Å². The molecule has 0 aromatic rings. The van der Waals surface area contributed by atoms with Crippen LogP contribution in [0.1, 0.15) is 41.5 Å². The zero-order valence-electron chi connectivity index (χ0n) is 10.6. The SMILES string of the molecule is CC(C)(C)C1=C(C(C)(C)C)C[Se](=O)(=O)C1. The first-order valence-electron chi connectivity index (χ1n) is 5.37. The van der Waals surface area contributed by atoms with E-state index in [1.165, 1.54) is 0 Å². The van der Waals surface area contributed by atoms with Gasteiger partial charge in [0, 0.05) is 0 Å². The third-order valence-corrected chi connectivity index (χ3v) is 5.96. The van der Waals surface area contributed by atoms with Gasteiger partial charge in [-0.2, -0.15) is 0 Å². The molecule has 0 radical (unpaired) electrons.